The number of rotatable bonds is 4. The van der Waals surface area contributed by atoms with E-state index in [9.17, 15) is 23.3 Å². The molecule has 0 saturated carbocycles. The molecule has 0 bridgehead atoms. The maximum atomic E-state index is 12.7. The van der Waals surface area contributed by atoms with E-state index in [0.717, 1.165) is 12.1 Å². The van der Waals surface area contributed by atoms with Crippen molar-refractivity contribution in [2.45, 2.75) is 6.18 Å². The molecule has 0 unspecified atom stereocenters. The molecule has 0 spiro atoms. The molecule has 0 radical (unpaired) electrons. The van der Waals surface area contributed by atoms with Gasteiger partial charge in [-0.1, -0.05) is 23.7 Å². The maximum Gasteiger partial charge on any atom is 0.416 e. The van der Waals surface area contributed by atoms with Gasteiger partial charge in [-0.3, -0.25) is 10.1 Å². The molecule has 1 heterocycles. The van der Waals surface area contributed by atoms with Gasteiger partial charge in [0.05, 0.1) is 10.5 Å². The molecule has 1 N–H and O–H groups in total. The summed E-state index contributed by atoms with van der Waals surface area (Å²) in [5.74, 6) is 0.430. The van der Waals surface area contributed by atoms with Crippen LogP contribution in [0.15, 0.2) is 54.6 Å². The van der Waals surface area contributed by atoms with Crippen LogP contribution in [0.4, 0.5) is 30.4 Å². The van der Waals surface area contributed by atoms with Crippen molar-refractivity contribution in [3.8, 4) is 11.4 Å². The van der Waals surface area contributed by atoms with Gasteiger partial charge >= 0.3 is 6.18 Å². The lowest BCUT2D eigenvalue weighted by molar-refractivity contribution is -0.384. The summed E-state index contributed by atoms with van der Waals surface area (Å²) in [6.07, 6.45) is -4.43. The lowest BCUT2D eigenvalue weighted by atomic mass is 10.1. The molecular formula is C17H10ClF3N4O2. The predicted molar refractivity (Wildman–Crippen MR) is 93.9 cm³/mol. The number of nitro benzene ring substituents is 1. The van der Waals surface area contributed by atoms with E-state index in [2.05, 4.69) is 15.3 Å². The van der Waals surface area contributed by atoms with Crippen LogP contribution in [-0.2, 0) is 6.18 Å². The topological polar surface area (TPSA) is 81.0 Å². The van der Waals surface area contributed by atoms with Crippen molar-refractivity contribution in [1.29, 1.82) is 0 Å². The Morgan fingerprint density at radius 1 is 1.00 bits per heavy atom. The minimum Gasteiger partial charge on any atom is -0.340 e. The third-order valence-electron chi connectivity index (χ3n) is 3.52. The predicted octanol–water partition coefficient (Wildman–Crippen LogP) is 5.47. The Morgan fingerprint density at radius 2 is 1.63 bits per heavy atom. The quantitative estimate of drug-likeness (QED) is 0.360. The molecule has 0 saturated heterocycles. The first kappa shape index (κ1) is 18.6. The summed E-state index contributed by atoms with van der Waals surface area (Å²) in [6.45, 7) is 0. The van der Waals surface area contributed by atoms with Crippen LogP contribution in [0.1, 0.15) is 5.56 Å². The zero-order valence-electron chi connectivity index (χ0n) is 13.4. The average Bonchev–Trinajstić information content (AvgIpc) is 2.61. The minimum atomic E-state index is -4.43. The number of hydrogen-bond acceptors (Lipinski definition) is 5. The largest absolute Gasteiger partial charge is 0.416 e. The monoisotopic (exact) mass is 394 g/mol. The molecule has 138 valence electrons. The van der Waals surface area contributed by atoms with E-state index in [1.807, 2.05) is 0 Å². The van der Waals surface area contributed by atoms with Crippen LogP contribution in [0, 0.1) is 10.1 Å². The fourth-order valence-electron chi connectivity index (χ4n) is 2.23. The van der Waals surface area contributed by atoms with Crippen LogP contribution in [0.25, 0.3) is 11.4 Å². The van der Waals surface area contributed by atoms with Gasteiger partial charge in [-0.2, -0.15) is 13.2 Å². The van der Waals surface area contributed by atoms with E-state index in [4.69, 9.17) is 11.6 Å². The first-order valence-electron chi connectivity index (χ1n) is 7.46. The molecule has 1 aromatic heterocycles. The van der Waals surface area contributed by atoms with Crippen LogP contribution in [0.2, 0.25) is 5.15 Å². The van der Waals surface area contributed by atoms with Gasteiger partial charge in [0.25, 0.3) is 5.69 Å². The molecule has 0 fully saturated rings. The highest BCUT2D eigenvalue weighted by Crippen LogP contribution is 2.31. The van der Waals surface area contributed by atoms with Crippen molar-refractivity contribution in [1.82, 2.24) is 9.97 Å². The first-order valence-corrected chi connectivity index (χ1v) is 7.84. The molecule has 10 heteroatoms. The summed E-state index contributed by atoms with van der Waals surface area (Å²) < 4.78 is 38.0. The molecule has 0 aliphatic heterocycles. The van der Waals surface area contributed by atoms with Crippen LogP contribution in [0.5, 0.6) is 0 Å². The third kappa shape index (κ3) is 4.50. The molecule has 0 amide bonds. The summed E-state index contributed by atoms with van der Waals surface area (Å²) in [6, 6.07) is 11.4. The fraction of sp³-hybridized carbons (Fsp3) is 0.0588. The summed E-state index contributed by atoms with van der Waals surface area (Å²) in [4.78, 5) is 18.4. The van der Waals surface area contributed by atoms with E-state index >= 15 is 0 Å². The summed E-state index contributed by atoms with van der Waals surface area (Å²) in [7, 11) is 0. The number of anilines is 2. The molecule has 0 aliphatic rings. The van der Waals surface area contributed by atoms with Gasteiger partial charge < -0.3 is 5.32 Å². The van der Waals surface area contributed by atoms with Gasteiger partial charge in [0.2, 0.25) is 0 Å². The summed E-state index contributed by atoms with van der Waals surface area (Å²) >= 11 is 5.98. The van der Waals surface area contributed by atoms with Crippen molar-refractivity contribution >= 4 is 28.8 Å². The molecule has 2 aromatic carbocycles. The zero-order chi connectivity index (χ0) is 19.6. The van der Waals surface area contributed by atoms with Crippen LogP contribution in [0.3, 0.4) is 0 Å². The Bertz CT molecular complexity index is 977. The normalized spacial score (nSPS) is 11.3. The van der Waals surface area contributed by atoms with Gasteiger partial charge in [0.15, 0.2) is 5.82 Å². The lowest BCUT2D eigenvalue weighted by Crippen LogP contribution is -2.04. The van der Waals surface area contributed by atoms with E-state index in [-0.39, 0.29) is 16.7 Å². The summed E-state index contributed by atoms with van der Waals surface area (Å²) in [5.41, 5.74) is 0.0372. The van der Waals surface area contributed by atoms with Crippen molar-refractivity contribution in [2.75, 3.05) is 5.32 Å². The molecule has 6 nitrogen and oxygen atoms in total. The van der Waals surface area contributed by atoms with E-state index < -0.39 is 16.7 Å². The lowest BCUT2D eigenvalue weighted by Gasteiger charge is -2.09. The summed E-state index contributed by atoms with van der Waals surface area (Å²) in [5, 5.41) is 13.7. The number of nitrogens with one attached hydrogen (secondary N) is 1. The number of aromatic nitrogens is 2. The number of alkyl halides is 3. The molecule has 0 atom stereocenters. The Hall–Kier alpha value is -3.20. The van der Waals surface area contributed by atoms with Crippen molar-refractivity contribution in [3.05, 3.63) is 75.4 Å². The number of halogens is 4. The smallest absolute Gasteiger partial charge is 0.340 e. The van der Waals surface area contributed by atoms with Crippen molar-refractivity contribution in [3.63, 3.8) is 0 Å². The molecule has 27 heavy (non-hydrogen) atoms. The second kappa shape index (κ2) is 7.20. The van der Waals surface area contributed by atoms with Gasteiger partial charge in [0.1, 0.15) is 11.0 Å². The highest BCUT2D eigenvalue weighted by molar-refractivity contribution is 6.29. The first-order chi connectivity index (χ1) is 12.7. The Labute approximate surface area is 155 Å². The second-order valence-corrected chi connectivity index (χ2v) is 5.79. The van der Waals surface area contributed by atoms with E-state index in [1.54, 1.807) is 0 Å². The van der Waals surface area contributed by atoms with Crippen molar-refractivity contribution < 1.29 is 18.1 Å². The minimum absolute atomic E-state index is 0.0632. The Kier molecular flexibility index (Phi) is 4.95. The van der Waals surface area contributed by atoms with Crippen LogP contribution >= 0.6 is 11.6 Å². The second-order valence-electron chi connectivity index (χ2n) is 5.40. The molecular weight excluding hydrogens is 385 g/mol. The van der Waals surface area contributed by atoms with Gasteiger partial charge in [-0.15, -0.1) is 0 Å². The number of nitro groups is 1. The zero-order valence-corrected chi connectivity index (χ0v) is 14.1. The Morgan fingerprint density at radius 3 is 2.19 bits per heavy atom. The van der Waals surface area contributed by atoms with E-state index in [0.29, 0.717) is 17.1 Å². The van der Waals surface area contributed by atoms with Gasteiger partial charge in [-0.25, -0.2) is 9.97 Å². The SMILES string of the molecule is O=[N+]([O-])c1ccc(Nc2cc(Cl)nc(-c3ccc(C(F)(F)F)cc3)n2)cc1. The number of non-ortho nitro benzene ring substituents is 1. The standard InChI is InChI=1S/C17H10ClF3N4O2/c18-14-9-15(22-12-5-7-13(8-6-12)25(26)27)24-16(23-14)10-1-3-11(4-2-10)17(19,20)21/h1-9H,(H,22,23,24). The highest BCUT2D eigenvalue weighted by Gasteiger charge is 2.30. The molecule has 3 rings (SSSR count). The number of hydrogen-bond donors (Lipinski definition) is 1. The van der Waals surface area contributed by atoms with E-state index in [1.165, 1.54) is 42.5 Å². The number of benzene rings is 2. The Balaban J connectivity index is 1.87. The molecule has 3 aromatic rings. The third-order valence-corrected chi connectivity index (χ3v) is 3.71. The average molecular weight is 395 g/mol. The number of nitrogens with zero attached hydrogens (tertiary/aromatic N) is 3. The van der Waals surface area contributed by atoms with Gasteiger partial charge in [0, 0.05) is 29.4 Å². The fourth-order valence-corrected chi connectivity index (χ4v) is 2.42. The maximum absolute atomic E-state index is 12.7. The van der Waals surface area contributed by atoms with Crippen LogP contribution in [-0.4, -0.2) is 14.9 Å². The highest BCUT2D eigenvalue weighted by atomic mass is 35.5. The van der Waals surface area contributed by atoms with Gasteiger partial charge in [-0.05, 0) is 24.3 Å². The van der Waals surface area contributed by atoms with Crippen molar-refractivity contribution in [2.24, 2.45) is 0 Å². The van der Waals surface area contributed by atoms with Crippen LogP contribution < -0.4 is 5.32 Å². The molecule has 0 aliphatic carbocycles.